The van der Waals surface area contributed by atoms with Gasteiger partial charge in [0.15, 0.2) is 0 Å². The van der Waals surface area contributed by atoms with Crippen LogP contribution < -0.4 is 10.5 Å². The van der Waals surface area contributed by atoms with E-state index < -0.39 is 0 Å². The Labute approximate surface area is 126 Å². The summed E-state index contributed by atoms with van der Waals surface area (Å²) in [7, 11) is 3.40. The fourth-order valence-electron chi connectivity index (χ4n) is 3.24. The first-order valence-corrected chi connectivity index (χ1v) is 7.67. The molecule has 0 bridgehead atoms. The van der Waals surface area contributed by atoms with E-state index in [1.807, 2.05) is 18.2 Å². The molecule has 0 saturated heterocycles. The van der Waals surface area contributed by atoms with Crippen molar-refractivity contribution in [2.75, 3.05) is 14.2 Å². The Hall–Kier alpha value is -0.770. The Balaban J connectivity index is 2.22. The number of rotatable bonds is 5. The molecular weight excluding hydrogens is 274 g/mol. The molecule has 1 saturated carbocycles. The normalized spacial score (nSPS) is 19.6. The van der Waals surface area contributed by atoms with Crippen LogP contribution in [-0.4, -0.2) is 20.3 Å². The van der Waals surface area contributed by atoms with Crippen LogP contribution in [0, 0.1) is 5.92 Å². The summed E-state index contributed by atoms with van der Waals surface area (Å²) in [4.78, 5) is 0. The number of halogens is 1. The maximum atomic E-state index is 6.46. The monoisotopic (exact) mass is 297 g/mol. The summed E-state index contributed by atoms with van der Waals surface area (Å²) in [5.74, 6) is 1.30. The predicted molar refractivity (Wildman–Crippen MR) is 82.3 cm³/mol. The topological polar surface area (TPSA) is 44.5 Å². The van der Waals surface area contributed by atoms with Gasteiger partial charge in [-0.05, 0) is 37.0 Å². The van der Waals surface area contributed by atoms with Gasteiger partial charge in [0.2, 0.25) is 0 Å². The Morgan fingerprint density at radius 3 is 2.50 bits per heavy atom. The molecule has 0 amide bonds. The lowest BCUT2D eigenvalue weighted by atomic mass is 9.81. The van der Waals surface area contributed by atoms with Crippen molar-refractivity contribution >= 4 is 11.6 Å². The molecule has 1 aromatic rings. The Morgan fingerprint density at radius 2 is 1.90 bits per heavy atom. The lowest BCUT2D eigenvalue weighted by molar-refractivity contribution is 0.0168. The van der Waals surface area contributed by atoms with Gasteiger partial charge in [0.05, 0.1) is 19.3 Å². The number of hydrogen-bond donors (Lipinski definition) is 1. The fraction of sp³-hybridized carbons (Fsp3) is 0.625. The zero-order chi connectivity index (χ0) is 14.5. The Kier molecular flexibility index (Phi) is 5.70. The van der Waals surface area contributed by atoms with Gasteiger partial charge in [-0.3, -0.25) is 0 Å². The van der Waals surface area contributed by atoms with E-state index in [-0.39, 0.29) is 12.1 Å². The molecule has 1 aliphatic carbocycles. The van der Waals surface area contributed by atoms with E-state index in [0.29, 0.717) is 10.9 Å². The van der Waals surface area contributed by atoms with Gasteiger partial charge in [0.1, 0.15) is 5.75 Å². The van der Waals surface area contributed by atoms with E-state index in [9.17, 15) is 0 Å². The maximum absolute atomic E-state index is 6.46. The third-order valence-electron chi connectivity index (χ3n) is 4.29. The van der Waals surface area contributed by atoms with E-state index in [1.54, 1.807) is 14.2 Å². The molecule has 1 aliphatic rings. The Bertz CT molecular complexity index is 432. The second-order valence-corrected chi connectivity index (χ2v) is 5.95. The standard InChI is InChI=1S/C16H24ClNO2/c1-19-14-9-8-12(17)10-13(14)15(18)16(20-2)11-6-4-3-5-7-11/h8-11,15-16H,3-7,18H2,1-2H3. The number of methoxy groups -OCH3 is 2. The van der Waals surface area contributed by atoms with Crippen LogP contribution in [0.4, 0.5) is 0 Å². The van der Waals surface area contributed by atoms with Crippen LogP contribution in [0.2, 0.25) is 5.02 Å². The van der Waals surface area contributed by atoms with Crippen molar-refractivity contribution in [2.45, 2.75) is 44.2 Å². The molecule has 0 radical (unpaired) electrons. The van der Waals surface area contributed by atoms with Gasteiger partial charge in [-0.2, -0.15) is 0 Å². The Morgan fingerprint density at radius 1 is 1.20 bits per heavy atom. The van der Waals surface area contributed by atoms with Crippen molar-refractivity contribution in [2.24, 2.45) is 11.7 Å². The van der Waals surface area contributed by atoms with Crippen LogP contribution in [0.25, 0.3) is 0 Å². The third-order valence-corrected chi connectivity index (χ3v) is 4.53. The van der Waals surface area contributed by atoms with Crippen molar-refractivity contribution in [3.63, 3.8) is 0 Å². The molecule has 2 N–H and O–H groups in total. The van der Waals surface area contributed by atoms with Gasteiger partial charge >= 0.3 is 0 Å². The van der Waals surface area contributed by atoms with Gasteiger partial charge in [0, 0.05) is 17.7 Å². The van der Waals surface area contributed by atoms with Gasteiger partial charge in [0.25, 0.3) is 0 Å². The first-order valence-electron chi connectivity index (χ1n) is 7.29. The minimum atomic E-state index is -0.211. The maximum Gasteiger partial charge on any atom is 0.123 e. The zero-order valence-electron chi connectivity index (χ0n) is 12.3. The van der Waals surface area contributed by atoms with Crippen molar-refractivity contribution in [3.8, 4) is 5.75 Å². The lowest BCUT2D eigenvalue weighted by Crippen LogP contribution is -2.36. The molecule has 1 aromatic carbocycles. The number of benzene rings is 1. The molecule has 2 unspecified atom stereocenters. The summed E-state index contributed by atoms with van der Waals surface area (Å²) >= 11 is 6.10. The molecule has 2 atom stereocenters. The fourth-order valence-corrected chi connectivity index (χ4v) is 3.42. The van der Waals surface area contributed by atoms with Crippen LogP contribution in [0.5, 0.6) is 5.75 Å². The zero-order valence-corrected chi connectivity index (χ0v) is 13.0. The SMILES string of the molecule is COc1ccc(Cl)cc1C(N)C(OC)C1CCCCC1. The molecule has 1 fully saturated rings. The highest BCUT2D eigenvalue weighted by atomic mass is 35.5. The molecule has 0 aromatic heterocycles. The summed E-state index contributed by atoms with van der Waals surface area (Å²) in [6.45, 7) is 0. The van der Waals surface area contributed by atoms with Gasteiger partial charge in [-0.15, -0.1) is 0 Å². The first kappa shape index (κ1) is 15.6. The van der Waals surface area contributed by atoms with Gasteiger partial charge < -0.3 is 15.2 Å². The second kappa shape index (κ2) is 7.30. The van der Waals surface area contributed by atoms with Crippen molar-refractivity contribution in [1.82, 2.24) is 0 Å². The van der Waals surface area contributed by atoms with Crippen molar-refractivity contribution < 1.29 is 9.47 Å². The molecule has 3 nitrogen and oxygen atoms in total. The summed E-state index contributed by atoms with van der Waals surface area (Å²) in [6.07, 6.45) is 6.25. The highest BCUT2D eigenvalue weighted by Crippen LogP contribution is 2.36. The van der Waals surface area contributed by atoms with Crippen LogP contribution in [0.15, 0.2) is 18.2 Å². The number of nitrogens with two attached hydrogens (primary N) is 1. The highest BCUT2D eigenvalue weighted by molar-refractivity contribution is 6.30. The smallest absolute Gasteiger partial charge is 0.123 e. The second-order valence-electron chi connectivity index (χ2n) is 5.51. The first-order chi connectivity index (χ1) is 9.67. The van der Waals surface area contributed by atoms with E-state index in [2.05, 4.69) is 0 Å². The molecule has 20 heavy (non-hydrogen) atoms. The van der Waals surface area contributed by atoms with Crippen molar-refractivity contribution in [3.05, 3.63) is 28.8 Å². The van der Waals surface area contributed by atoms with Crippen molar-refractivity contribution in [1.29, 1.82) is 0 Å². The highest BCUT2D eigenvalue weighted by Gasteiger charge is 2.31. The third kappa shape index (κ3) is 3.46. The lowest BCUT2D eigenvalue weighted by Gasteiger charge is -2.33. The van der Waals surface area contributed by atoms with Crippen LogP contribution in [0.1, 0.15) is 43.7 Å². The quantitative estimate of drug-likeness (QED) is 0.895. The minimum Gasteiger partial charge on any atom is -0.496 e. The van der Waals surface area contributed by atoms with Crippen LogP contribution in [-0.2, 0) is 4.74 Å². The summed E-state index contributed by atoms with van der Waals surface area (Å²) < 4.78 is 11.1. The van der Waals surface area contributed by atoms with E-state index >= 15 is 0 Å². The van der Waals surface area contributed by atoms with E-state index in [1.165, 1.54) is 32.1 Å². The summed E-state index contributed by atoms with van der Waals surface area (Å²) in [6, 6.07) is 5.36. The van der Waals surface area contributed by atoms with E-state index in [4.69, 9.17) is 26.8 Å². The molecule has 0 heterocycles. The molecule has 2 rings (SSSR count). The average Bonchev–Trinajstić information content (AvgIpc) is 2.49. The number of ether oxygens (including phenoxy) is 2. The molecule has 0 spiro atoms. The number of hydrogen-bond acceptors (Lipinski definition) is 3. The van der Waals surface area contributed by atoms with Gasteiger partial charge in [-0.25, -0.2) is 0 Å². The largest absolute Gasteiger partial charge is 0.496 e. The van der Waals surface area contributed by atoms with Crippen LogP contribution >= 0.6 is 11.6 Å². The summed E-state index contributed by atoms with van der Waals surface area (Å²) in [5, 5.41) is 0.676. The molecular formula is C16H24ClNO2. The molecule has 0 aliphatic heterocycles. The van der Waals surface area contributed by atoms with E-state index in [0.717, 1.165) is 11.3 Å². The molecule has 4 heteroatoms. The van der Waals surface area contributed by atoms with Crippen LogP contribution in [0.3, 0.4) is 0 Å². The predicted octanol–water partition coefficient (Wildman–Crippen LogP) is 3.94. The minimum absolute atomic E-state index is 0.0164. The molecule has 112 valence electrons. The summed E-state index contributed by atoms with van der Waals surface area (Å²) in [5.41, 5.74) is 7.39. The average molecular weight is 298 g/mol. The van der Waals surface area contributed by atoms with Gasteiger partial charge in [-0.1, -0.05) is 30.9 Å².